The lowest BCUT2D eigenvalue weighted by molar-refractivity contribution is 0.488. The van der Waals surface area contributed by atoms with Crippen molar-refractivity contribution in [3.05, 3.63) is 46.6 Å². The van der Waals surface area contributed by atoms with Gasteiger partial charge in [-0.2, -0.15) is 0 Å². The van der Waals surface area contributed by atoms with Gasteiger partial charge >= 0.3 is 0 Å². The van der Waals surface area contributed by atoms with Crippen LogP contribution in [0, 0.1) is 5.41 Å². The molecule has 0 aliphatic heterocycles. The second kappa shape index (κ2) is 4.68. The van der Waals surface area contributed by atoms with Gasteiger partial charge in [-0.3, -0.25) is 0 Å². The molecule has 0 nitrogen and oxygen atoms in total. The molecular formula is C17H24. The molecule has 0 saturated heterocycles. The van der Waals surface area contributed by atoms with Crippen molar-refractivity contribution in [1.29, 1.82) is 0 Å². The normalized spacial score (nSPS) is 21.4. The Balaban J connectivity index is 2.25. The number of hydrogen-bond donors (Lipinski definition) is 0. The summed E-state index contributed by atoms with van der Waals surface area (Å²) in [6, 6.07) is 0. The van der Waals surface area contributed by atoms with Crippen LogP contribution in [0.2, 0.25) is 0 Å². The van der Waals surface area contributed by atoms with Gasteiger partial charge in [-0.1, -0.05) is 60.4 Å². The third-order valence-corrected chi connectivity index (χ3v) is 4.32. The third-order valence-electron chi connectivity index (χ3n) is 4.32. The first-order valence-corrected chi connectivity index (χ1v) is 6.74. The molecule has 0 heterocycles. The standard InChI is InChI=1S/C17H24/c1-13-5-9-15(10-6-13)17(3,4)16-11-7-14(2)8-12-16/h5,7,9,11H,6,8,10,12H2,1-4H3. The van der Waals surface area contributed by atoms with Crippen LogP contribution in [0.1, 0.15) is 53.4 Å². The zero-order valence-electron chi connectivity index (χ0n) is 11.6. The zero-order chi connectivity index (χ0) is 12.5. The lowest BCUT2D eigenvalue weighted by Crippen LogP contribution is -2.20. The molecule has 0 aromatic carbocycles. The minimum Gasteiger partial charge on any atom is -0.0730 e. The molecule has 17 heavy (non-hydrogen) atoms. The summed E-state index contributed by atoms with van der Waals surface area (Å²) in [6.07, 6.45) is 14.2. The van der Waals surface area contributed by atoms with Crippen LogP contribution in [0.5, 0.6) is 0 Å². The topological polar surface area (TPSA) is 0 Å². The molecule has 0 bridgehead atoms. The largest absolute Gasteiger partial charge is 0.0730 e. The highest BCUT2D eigenvalue weighted by Gasteiger charge is 2.28. The van der Waals surface area contributed by atoms with Gasteiger partial charge in [0.25, 0.3) is 0 Å². The molecule has 0 unspecified atom stereocenters. The highest BCUT2D eigenvalue weighted by molar-refractivity contribution is 5.37. The van der Waals surface area contributed by atoms with Gasteiger partial charge in [-0.25, -0.2) is 0 Å². The number of hydrogen-bond acceptors (Lipinski definition) is 0. The smallest absolute Gasteiger partial charge is 0.00704 e. The summed E-state index contributed by atoms with van der Waals surface area (Å²) in [5.41, 5.74) is 6.47. The van der Waals surface area contributed by atoms with E-state index in [1.54, 1.807) is 11.1 Å². The van der Waals surface area contributed by atoms with E-state index in [4.69, 9.17) is 0 Å². The molecule has 2 rings (SSSR count). The van der Waals surface area contributed by atoms with Gasteiger partial charge in [0.15, 0.2) is 0 Å². The molecule has 92 valence electrons. The minimum absolute atomic E-state index is 0.244. The highest BCUT2D eigenvalue weighted by atomic mass is 14.3. The fraction of sp³-hybridized carbons (Fsp3) is 0.529. The second-order valence-corrected chi connectivity index (χ2v) is 6.03. The van der Waals surface area contributed by atoms with E-state index in [1.807, 2.05) is 0 Å². The SMILES string of the molecule is CC1=CC=C(C(C)(C)C2=CC=C(C)CC2)CC1. The number of rotatable bonds is 2. The summed E-state index contributed by atoms with van der Waals surface area (Å²) in [5, 5.41) is 0. The Morgan fingerprint density at radius 2 is 1.12 bits per heavy atom. The van der Waals surface area contributed by atoms with Crippen LogP contribution >= 0.6 is 0 Å². The van der Waals surface area contributed by atoms with Gasteiger partial charge in [-0.15, -0.1) is 0 Å². The van der Waals surface area contributed by atoms with E-state index in [0.29, 0.717) is 0 Å². The van der Waals surface area contributed by atoms with Crippen molar-refractivity contribution in [2.45, 2.75) is 53.4 Å². The average molecular weight is 228 g/mol. The van der Waals surface area contributed by atoms with Gasteiger partial charge in [0.1, 0.15) is 0 Å². The van der Waals surface area contributed by atoms with Crippen molar-refractivity contribution in [1.82, 2.24) is 0 Å². The van der Waals surface area contributed by atoms with Crippen molar-refractivity contribution >= 4 is 0 Å². The van der Waals surface area contributed by atoms with Crippen LogP contribution in [0.4, 0.5) is 0 Å². The Morgan fingerprint density at radius 1 is 0.706 bits per heavy atom. The fourth-order valence-electron chi connectivity index (χ4n) is 2.73. The Labute approximate surface area is 106 Å². The third kappa shape index (κ3) is 2.62. The molecule has 0 aromatic heterocycles. The monoisotopic (exact) mass is 228 g/mol. The lowest BCUT2D eigenvalue weighted by Gasteiger charge is -2.34. The summed E-state index contributed by atoms with van der Waals surface area (Å²) in [4.78, 5) is 0. The fourth-order valence-corrected chi connectivity index (χ4v) is 2.73. The van der Waals surface area contributed by atoms with Crippen molar-refractivity contribution in [2.24, 2.45) is 5.41 Å². The van der Waals surface area contributed by atoms with Crippen LogP contribution in [-0.4, -0.2) is 0 Å². The Kier molecular flexibility index (Phi) is 3.42. The van der Waals surface area contributed by atoms with E-state index in [1.165, 1.54) is 36.8 Å². The van der Waals surface area contributed by atoms with Gasteiger partial charge in [-0.05, 0) is 39.5 Å². The summed E-state index contributed by atoms with van der Waals surface area (Å²) in [6.45, 7) is 9.22. The lowest BCUT2D eigenvalue weighted by atomic mass is 9.71. The molecule has 0 spiro atoms. The van der Waals surface area contributed by atoms with E-state index in [0.717, 1.165) is 0 Å². The predicted octanol–water partition coefficient (Wildman–Crippen LogP) is 5.35. The first-order chi connectivity index (χ1) is 8.00. The Bertz CT molecular complexity index is 385. The van der Waals surface area contributed by atoms with E-state index in [2.05, 4.69) is 52.0 Å². The van der Waals surface area contributed by atoms with Crippen molar-refractivity contribution in [2.75, 3.05) is 0 Å². The Hall–Kier alpha value is -1.04. The van der Waals surface area contributed by atoms with Crippen LogP contribution in [-0.2, 0) is 0 Å². The number of allylic oxidation sites excluding steroid dienone is 8. The van der Waals surface area contributed by atoms with Gasteiger partial charge in [0.05, 0.1) is 0 Å². The van der Waals surface area contributed by atoms with E-state index in [9.17, 15) is 0 Å². The summed E-state index contributed by atoms with van der Waals surface area (Å²) >= 11 is 0. The summed E-state index contributed by atoms with van der Waals surface area (Å²) in [5.74, 6) is 0. The molecule has 0 fully saturated rings. The molecule has 0 heteroatoms. The second-order valence-electron chi connectivity index (χ2n) is 6.03. The van der Waals surface area contributed by atoms with Gasteiger partial charge < -0.3 is 0 Å². The molecule has 0 saturated carbocycles. The summed E-state index contributed by atoms with van der Waals surface area (Å²) in [7, 11) is 0. The highest BCUT2D eigenvalue weighted by Crippen LogP contribution is 2.42. The van der Waals surface area contributed by atoms with E-state index in [-0.39, 0.29) is 5.41 Å². The van der Waals surface area contributed by atoms with Crippen LogP contribution in [0.25, 0.3) is 0 Å². The van der Waals surface area contributed by atoms with Crippen LogP contribution < -0.4 is 0 Å². The predicted molar refractivity (Wildman–Crippen MR) is 75.9 cm³/mol. The van der Waals surface area contributed by atoms with Crippen LogP contribution in [0.15, 0.2) is 46.6 Å². The van der Waals surface area contributed by atoms with Gasteiger partial charge in [0.2, 0.25) is 0 Å². The van der Waals surface area contributed by atoms with Crippen LogP contribution in [0.3, 0.4) is 0 Å². The average Bonchev–Trinajstić information content (AvgIpc) is 2.30. The maximum Gasteiger partial charge on any atom is 0.00704 e. The first-order valence-electron chi connectivity index (χ1n) is 6.74. The molecular weight excluding hydrogens is 204 g/mol. The summed E-state index contributed by atoms with van der Waals surface area (Å²) < 4.78 is 0. The molecule has 0 radical (unpaired) electrons. The minimum atomic E-state index is 0.244. The quantitative estimate of drug-likeness (QED) is 0.598. The van der Waals surface area contributed by atoms with Crippen molar-refractivity contribution < 1.29 is 0 Å². The molecule has 0 aromatic rings. The maximum atomic E-state index is 2.38. The first kappa shape index (κ1) is 12.4. The van der Waals surface area contributed by atoms with Crippen molar-refractivity contribution in [3.8, 4) is 0 Å². The van der Waals surface area contributed by atoms with E-state index >= 15 is 0 Å². The van der Waals surface area contributed by atoms with E-state index < -0.39 is 0 Å². The van der Waals surface area contributed by atoms with Crippen molar-refractivity contribution in [3.63, 3.8) is 0 Å². The molecule has 2 aliphatic carbocycles. The maximum absolute atomic E-state index is 2.38. The molecule has 0 N–H and O–H groups in total. The van der Waals surface area contributed by atoms with Gasteiger partial charge in [0, 0.05) is 5.41 Å². The molecule has 0 atom stereocenters. The molecule has 2 aliphatic rings. The molecule has 0 amide bonds. The zero-order valence-corrected chi connectivity index (χ0v) is 11.6. The Morgan fingerprint density at radius 3 is 1.41 bits per heavy atom.